The number of nitrogens with one attached hydrogen (secondary N) is 2. The lowest BCUT2D eigenvalue weighted by atomic mass is 9.60. The number of hydrogen-bond donors (Lipinski definition) is 2. The van der Waals surface area contributed by atoms with E-state index >= 15 is 0 Å². The zero-order valence-electron chi connectivity index (χ0n) is 17.8. The number of halogens is 1. The second kappa shape index (κ2) is 9.15. The van der Waals surface area contributed by atoms with E-state index in [1.165, 1.54) is 12.8 Å². The van der Waals surface area contributed by atoms with Crippen LogP contribution in [0.3, 0.4) is 0 Å². The summed E-state index contributed by atoms with van der Waals surface area (Å²) in [5.74, 6) is 2.40. The predicted octanol–water partition coefficient (Wildman–Crippen LogP) is 2.85. The Morgan fingerprint density at radius 1 is 1.07 bits per heavy atom. The Hall–Kier alpha value is -1.79. The smallest absolute Gasteiger partial charge is 0.258 e. The summed E-state index contributed by atoms with van der Waals surface area (Å²) < 4.78 is 5.55. The lowest BCUT2D eigenvalue weighted by Crippen LogP contribution is -2.60. The Morgan fingerprint density at radius 2 is 1.67 bits per heavy atom. The van der Waals surface area contributed by atoms with E-state index in [0.717, 1.165) is 25.2 Å². The molecular formula is C23H32ClN3O3. The largest absolute Gasteiger partial charge is 0.484 e. The van der Waals surface area contributed by atoms with E-state index in [-0.39, 0.29) is 30.5 Å². The third kappa shape index (κ3) is 5.27. The number of amides is 2. The summed E-state index contributed by atoms with van der Waals surface area (Å²) in [4.78, 5) is 27.1. The highest BCUT2D eigenvalue weighted by Crippen LogP contribution is 2.45. The van der Waals surface area contributed by atoms with Crippen LogP contribution in [-0.2, 0) is 9.59 Å². The molecule has 4 fully saturated rings. The molecule has 2 amide bonds. The molecule has 0 aromatic heterocycles. The summed E-state index contributed by atoms with van der Waals surface area (Å²) in [7, 11) is 2.03. The topological polar surface area (TPSA) is 70.7 Å². The number of carbonyl (C=O) groups excluding carboxylic acids is 2. The Kier molecular flexibility index (Phi) is 6.54. The summed E-state index contributed by atoms with van der Waals surface area (Å²) >= 11 is 5.87. The van der Waals surface area contributed by atoms with Crippen LogP contribution in [0.2, 0.25) is 5.02 Å². The van der Waals surface area contributed by atoms with Crippen LogP contribution in [0.1, 0.15) is 39.0 Å². The van der Waals surface area contributed by atoms with Gasteiger partial charge in [0.25, 0.3) is 5.91 Å². The third-order valence-corrected chi connectivity index (χ3v) is 7.38. The van der Waals surface area contributed by atoms with E-state index in [4.69, 9.17) is 16.3 Å². The monoisotopic (exact) mass is 433 g/mol. The fourth-order valence-electron chi connectivity index (χ4n) is 4.87. The molecule has 1 unspecified atom stereocenters. The van der Waals surface area contributed by atoms with Gasteiger partial charge in [-0.05, 0) is 88.1 Å². The number of ether oxygens (including phenoxy) is 1. The summed E-state index contributed by atoms with van der Waals surface area (Å²) in [5, 5.41) is 7.00. The molecular weight excluding hydrogens is 402 g/mol. The molecule has 7 heteroatoms. The summed E-state index contributed by atoms with van der Waals surface area (Å²) in [5.41, 5.74) is 0. The molecule has 4 saturated carbocycles. The van der Waals surface area contributed by atoms with Crippen LogP contribution in [0, 0.1) is 17.8 Å². The van der Waals surface area contributed by atoms with Gasteiger partial charge in [0.05, 0.1) is 6.54 Å². The maximum Gasteiger partial charge on any atom is 0.258 e. The summed E-state index contributed by atoms with van der Waals surface area (Å²) in [6.07, 6.45) is 5.50. The van der Waals surface area contributed by atoms with E-state index in [9.17, 15) is 9.59 Å². The molecule has 2 bridgehead atoms. The van der Waals surface area contributed by atoms with E-state index in [1.807, 2.05) is 7.05 Å². The van der Waals surface area contributed by atoms with E-state index in [2.05, 4.69) is 22.5 Å². The Labute approximate surface area is 183 Å². The molecule has 0 spiro atoms. The average Bonchev–Trinajstić information content (AvgIpc) is 3.51. The van der Waals surface area contributed by atoms with Gasteiger partial charge in [-0.25, -0.2) is 0 Å². The maximum absolute atomic E-state index is 12.6. The van der Waals surface area contributed by atoms with Crippen molar-refractivity contribution < 1.29 is 14.3 Å². The van der Waals surface area contributed by atoms with Gasteiger partial charge in [-0.2, -0.15) is 0 Å². The molecule has 0 heterocycles. The Bertz CT molecular complexity index is 761. The molecule has 3 atom stereocenters. The van der Waals surface area contributed by atoms with Gasteiger partial charge in [0.2, 0.25) is 5.91 Å². The van der Waals surface area contributed by atoms with Gasteiger partial charge in [0.1, 0.15) is 5.75 Å². The molecule has 0 aliphatic heterocycles. The van der Waals surface area contributed by atoms with Crippen molar-refractivity contribution in [3.8, 4) is 5.75 Å². The van der Waals surface area contributed by atoms with E-state index in [0.29, 0.717) is 35.2 Å². The van der Waals surface area contributed by atoms with Gasteiger partial charge >= 0.3 is 0 Å². The first-order valence-corrected chi connectivity index (χ1v) is 11.4. The molecule has 5 rings (SSSR count). The van der Waals surface area contributed by atoms with E-state index in [1.54, 1.807) is 24.3 Å². The Morgan fingerprint density at radius 3 is 2.27 bits per heavy atom. The van der Waals surface area contributed by atoms with Crippen molar-refractivity contribution >= 4 is 23.4 Å². The quantitative estimate of drug-likeness (QED) is 0.628. The van der Waals surface area contributed by atoms with Crippen molar-refractivity contribution in [1.29, 1.82) is 0 Å². The zero-order valence-corrected chi connectivity index (χ0v) is 18.5. The highest BCUT2D eigenvalue weighted by atomic mass is 35.5. The van der Waals surface area contributed by atoms with Crippen LogP contribution < -0.4 is 15.4 Å². The first-order valence-electron chi connectivity index (χ1n) is 11.1. The van der Waals surface area contributed by atoms with Gasteiger partial charge in [-0.1, -0.05) is 11.6 Å². The molecule has 4 aliphatic carbocycles. The molecule has 2 N–H and O–H groups in total. The lowest BCUT2D eigenvalue weighted by Gasteiger charge is -2.51. The van der Waals surface area contributed by atoms with Gasteiger partial charge in [-0.15, -0.1) is 0 Å². The molecule has 30 heavy (non-hydrogen) atoms. The average molecular weight is 434 g/mol. The first-order chi connectivity index (χ1) is 14.4. The highest BCUT2D eigenvalue weighted by molar-refractivity contribution is 6.30. The van der Waals surface area contributed by atoms with Crippen LogP contribution in [0.5, 0.6) is 5.75 Å². The summed E-state index contributed by atoms with van der Waals surface area (Å²) in [6.45, 7) is 2.63. The van der Waals surface area contributed by atoms with Crippen molar-refractivity contribution in [2.24, 2.45) is 17.8 Å². The van der Waals surface area contributed by atoms with Crippen molar-refractivity contribution in [2.45, 2.75) is 57.2 Å². The molecule has 0 saturated heterocycles. The standard InChI is InChI=1S/C23H32ClN3O3/c1-14(15-3-4-15)27(2)12-22(28)25-20-11-21(17-9-16(20)10-17)26-23(29)13-30-19-7-5-18(24)6-8-19/h5-8,14-17,20-21H,3-4,9-13H2,1-2H3,(H,25,28)(H,26,29)/t14-,16?,17?,20+,21?/m1/s1. The van der Waals surface area contributed by atoms with Crippen LogP contribution >= 0.6 is 11.6 Å². The molecule has 0 radical (unpaired) electrons. The van der Waals surface area contributed by atoms with Gasteiger partial charge in [-0.3, -0.25) is 14.5 Å². The normalized spacial score (nSPS) is 28.4. The second-order valence-electron chi connectivity index (χ2n) is 9.31. The van der Waals surface area contributed by atoms with Gasteiger partial charge in [0, 0.05) is 23.1 Å². The zero-order chi connectivity index (χ0) is 21.3. The third-order valence-electron chi connectivity index (χ3n) is 7.13. The number of likely N-dealkylation sites (N-methyl/N-ethyl adjacent to an activating group) is 1. The van der Waals surface area contributed by atoms with Crippen molar-refractivity contribution in [1.82, 2.24) is 15.5 Å². The van der Waals surface area contributed by atoms with Gasteiger partial charge < -0.3 is 15.4 Å². The van der Waals surface area contributed by atoms with Crippen molar-refractivity contribution in [2.75, 3.05) is 20.2 Å². The Balaban J connectivity index is 1.22. The molecule has 4 aliphatic rings. The number of fused-ring (bicyclic) bond motifs is 2. The van der Waals surface area contributed by atoms with Crippen molar-refractivity contribution in [3.63, 3.8) is 0 Å². The van der Waals surface area contributed by atoms with Crippen LogP contribution in [-0.4, -0.2) is 55.0 Å². The molecule has 1 aromatic carbocycles. The molecule has 6 nitrogen and oxygen atoms in total. The predicted molar refractivity (Wildman–Crippen MR) is 116 cm³/mol. The fourth-order valence-corrected chi connectivity index (χ4v) is 4.99. The minimum absolute atomic E-state index is 0.0187. The number of hydrogen-bond acceptors (Lipinski definition) is 4. The minimum Gasteiger partial charge on any atom is -0.484 e. The number of carbonyl (C=O) groups is 2. The summed E-state index contributed by atoms with van der Waals surface area (Å²) in [6, 6.07) is 7.68. The van der Waals surface area contributed by atoms with Crippen LogP contribution in [0.15, 0.2) is 24.3 Å². The fraction of sp³-hybridized carbons (Fsp3) is 0.652. The van der Waals surface area contributed by atoms with Crippen molar-refractivity contribution in [3.05, 3.63) is 29.3 Å². The van der Waals surface area contributed by atoms with E-state index < -0.39 is 0 Å². The maximum atomic E-state index is 12.6. The number of benzene rings is 1. The lowest BCUT2D eigenvalue weighted by molar-refractivity contribution is -0.127. The first kappa shape index (κ1) is 21.4. The second-order valence-corrected chi connectivity index (χ2v) is 9.75. The SMILES string of the molecule is C[C@H](C1CC1)N(C)CC(=O)N[C@H]1CC(NC(=O)COc2ccc(Cl)cc2)C2CC1C2. The highest BCUT2D eigenvalue weighted by Gasteiger charge is 2.47. The number of nitrogens with zero attached hydrogens (tertiary/aromatic N) is 1. The number of rotatable bonds is 9. The van der Waals surface area contributed by atoms with Crippen LogP contribution in [0.4, 0.5) is 0 Å². The van der Waals surface area contributed by atoms with Crippen LogP contribution in [0.25, 0.3) is 0 Å². The molecule has 1 aromatic rings. The molecule has 164 valence electrons. The van der Waals surface area contributed by atoms with Gasteiger partial charge in [0.15, 0.2) is 6.61 Å². The minimum atomic E-state index is -0.122.